The predicted molar refractivity (Wildman–Crippen MR) is 69.3 cm³/mol. The van der Waals surface area contributed by atoms with Crippen molar-refractivity contribution in [1.29, 1.82) is 0 Å². The minimum absolute atomic E-state index is 0.165. The van der Waals surface area contributed by atoms with Crippen molar-refractivity contribution in [3.8, 4) is 0 Å². The quantitative estimate of drug-likeness (QED) is 0.695. The van der Waals surface area contributed by atoms with E-state index in [9.17, 15) is 4.79 Å². The van der Waals surface area contributed by atoms with E-state index in [0.29, 0.717) is 5.75 Å². The second-order valence-electron chi connectivity index (χ2n) is 4.48. The normalized spacial score (nSPS) is 14.7. The summed E-state index contributed by atoms with van der Waals surface area (Å²) in [5.74, 6) is 0.742. The molecule has 0 aromatic carbocycles. The van der Waals surface area contributed by atoms with Gasteiger partial charge in [-0.15, -0.1) is 0 Å². The number of rotatable bonds is 8. The van der Waals surface area contributed by atoms with E-state index in [1.807, 2.05) is 6.26 Å². The van der Waals surface area contributed by atoms with Crippen molar-refractivity contribution >= 4 is 17.7 Å². The van der Waals surface area contributed by atoms with Gasteiger partial charge in [0.15, 0.2) is 0 Å². The maximum Gasteiger partial charge on any atom is 0.230 e. The van der Waals surface area contributed by atoms with Gasteiger partial charge < -0.3 is 5.32 Å². The summed E-state index contributed by atoms with van der Waals surface area (Å²) in [6.07, 6.45) is 6.78. The van der Waals surface area contributed by atoms with Gasteiger partial charge in [-0.25, -0.2) is 0 Å². The Balaban J connectivity index is 3.91. The van der Waals surface area contributed by atoms with Crippen LogP contribution in [0.2, 0.25) is 0 Å². The summed E-state index contributed by atoms with van der Waals surface area (Å²) in [6, 6.07) is 0. The average molecular weight is 231 g/mol. The second kappa shape index (κ2) is 8.03. The van der Waals surface area contributed by atoms with Crippen molar-refractivity contribution in [2.75, 3.05) is 18.6 Å². The highest BCUT2D eigenvalue weighted by Crippen LogP contribution is 2.27. The number of hydrogen-bond acceptors (Lipinski definition) is 2. The first kappa shape index (κ1) is 14.8. The van der Waals surface area contributed by atoms with E-state index in [-0.39, 0.29) is 11.3 Å². The van der Waals surface area contributed by atoms with Gasteiger partial charge in [0.25, 0.3) is 0 Å². The number of thioether (sulfide) groups is 1. The SMILES string of the molecule is CCCCC(C)(CC)CNC(=O)CSC. The third kappa shape index (κ3) is 6.82. The van der Waals surface area contributed by atoms with Crippen LogP contribution >= 0.6 is 11.8 Å². The fourth-order valence-corrected chi connectivity index (χ4v) is 1.85. The van der Waals surface area contributed by atoms with Gasteiger partial charge in [0.1, 0.15) is 0 Å². The van der Waals surface area contributed by atoms with E-state index in [2.05, 4.69) is 26.1 Å². The van der Waals surface area contributed by atoms with Gasteiger partial charge >= 0.3 is 0 Å². The molecule has 90 valence electrons. The molecule has 0 spiro atoms. The average Bonchev–Trinajstić information content (AvgIpc) is 2.24. The predicted octanol–water partition coefficient (Wildman–Crippen LogP) is 3.07. The van der Waals surface area contributed by atoms with E-state index in [1.165, 1.54) is 19.3 Å². The summed E-state index contributed by atoms with van der Waals surface area (Å²) in [5.41, 5.74) is 0.282. The smallest absolute Gasteiger partial charge is 0.230 e. The number of hydrogen-bond donors (Lipinski definition) is 1. The van der Waals surface area contributed by atoms with Crippen LogP contribution < -0.4 is 5.32 Å². The highest BCUT2D eigenvalue weighted by molar-refractivity contribution is 7.99. The molecule has 0 aliphatic rings. The van der Waals surface area contributed by atoms with Gasteiger partial charge in [-0.2, -0.15) is 11.8 Å². The largest absolute Gasteiger partial charge is 0.355 e. The third-order valence-corrected chi connectivity index (χ3v) is 3.53. The fourth-order valence-electron chi connectivity index (χ4n) is 1.49. The maximum absolute atomic E-state index is 11.3. The van der Waals surface area contributed by atoms with E-state index in [4.69, 9.17) is 0 Å². The zero-order valence-corrected chi connectivity index (χ0v) is 11.4. The van der Waals surface area contributed by atoms with Crippen molar-refractivity contribution in [1.82, 2.24) is 5.32 Å². The molecule has 0 fully saturated rings. The van der Waals surface area contributed by atoms with Gasteiger partial charge in [-0.3, -0.25) is 4.79 Å². The van der Waals surface area contributed by atoms with Crippen LogP contribution in [0.3, 0.4) is 0 Å². The van der Waals surface area contributed by atoms with Crippen LogP contribution in [-0.4, -0.2) is 24.5 Å². The standard InChI is InChI=1S/C12H25NOS/c1-5-7-8-12(3,6-2)10-13-11(14)9-15-4/h5-10H2,1-4H3,(H,13,14). The lowest BCUT2D eigenvalue weighted by Gasteiger charge is -2.28. The highest BCUT2D eigenvalue weighted by Gasteiger charge is 2.21. The number of carbonyl (C=O) groups is 1. The molecule has 0 saturated heterocycles. The van der Waals surface area contributed by atoms with Gasteiger partial charge in [-0.1, -0.05) is 33.6 Å². The van der Waals surface area contributed by atoms with Crippen molar-refractivity contribution < 1.29 is 4.79 Å². The van der Waals surface area contributed by atoms with Crippen LogP contribution in [0, 0.1) is 5.41 Å². The second-order valence-corrected chi connectivity index (χ2v) is 5.34. The van der Waals surface area contributed by atoms with Crippen LogP contribution in [0.25, 0.3) is 0 Å². The van der Waals surface area contributed by atoms with Crippen molar-refractivity contribution in [3.05, 3.63) is 0 Å². The first-order valence-electron chi connectivity index (χ1n) is 5.83. The fraction of sp³-hybridized carbons (Fsp3) is 0.917. The summed E-state index contributed by atoms with van der Waals surface area (Å²) in [5, 5.41) is 3.02. The van der Waals surface area contributed by atoms with E-state index in [0.717, 1.165) is 13.0 Å². The number of amides is 1. The van der Waals surface area contributed by atoms with Gasteiger partial charge in [0.05, 0.1) is 5.75 Å². The summed E-state index contributed by atoms with van der Waals surface area (Å²) in [7, 11) is 0. The van der Waals surface area contributed by atoms with Crippen LogP contribution in [0.15, 0.2) is 0 Å². The Hall–Kier alpha value is -0.180. The Morgan fingerprint density at radius 2 is 2.07 bits per heavy atom. The summed E-state index contributed by atoms with van der Waals surface area (Å²) < 4.78 is 0. The van der Waals surface area contributed by atoms with Gasteiger partial charge in [0, 0.05) is 6.54 Å². The van der Waals surface area contributed by atoms with Gasteiger partial charge in [0.2, 0.25) is 5.91 Å². The molecule has 1 amide bonds. The zero-order chi connectivity index (χ0) is 11.7. The molecule has 0 rings (SSSR count). The van der Waals surface area contributed by atoms with E-state index >= 15 is 0 Å². The molecule has 0 bridgehead atoms. The molecule has 0 aliphatic heterocycles. The Bertz CT molecular complexity index is 184. The lowest BCUT2D eigenvalue weighted by atomic mass is 9.82. The van der Waals surface area contributed by atoms with Crippen molar-refractivity contribution in [2.24, 2.45) is 5.41 Å². The molecule has 0 radical (unpaired) electrons. The van der Waals surface area contributed by atoms with Crippen LogP contribution in [0.1, 0.15) is 46.5 Å². The van der Waals surface area contributed by atoms with Crippen molar-refractivity contribution in [3.63, 3.8) is 0 Å². The molecular formula is C12H25NOS. The summed E-state index contributed by atoms with van der Waals surface area (Å²) in [4.78, 5) is 11.3. The molecule has 0 aliphatic carbocycles. The topological polar surface area (TPSA) is 29.1 Å². The van der Waals surface area contributed by atoms with E-state index in [1.54, 1.807) is 11.8 Å². The summed E-state index contributed by atoms with van der Waals surface area (Å²) in [6.45, 7) is 7.50. The molecule has 0 heterocycles. The lowest BCUT2D eigenvalue weighted by molar-refractivity contribution is -0.119. The first-order valence-corrected chi connectivity index (χ1v) is 7.23. The first-order chi connectivity index (χ1) is 7.08. The Morgan fingerprint density at radius 1 is 1.40 bits per heavy atom. The minimum Gasteiger partial charge on any atom is -0.355 e. The van der Waals surface area contributed by atoms with Crippen molar-refractivity contribution in [2.45, 2.75) is 46.5 Å². The number of unbranched alkanes of at least 4 members (excludes halogenated alkanes) is 1. The molecule has 1 atom stereocenters. The Morgan fingerprint density at radius 3 is 2.53 bits per heavy atom. The molecule has 1 unspecified atom stereocenters. The molecular weight excluding hydrogens is 206 g/mol. The molecule has 0 aromatic rings. The maximum atomic E-state index is 11.3. The third-order valence-electron chi connectivity index (χ3n) is 2.98. The lowest BCUT2D eigenvalue weighted by Crippen LogP contribution is -2.36. The van der Waals surface area contributed by atoms with Gasteiger partial charge in [-0.05, 0) is 24.5 Å². The van der Waals surface area contributed by atoms with Crippen LogP contribution in [0.5, 0.6) is 0 Å². The molecule has 1 N–H and O–H groups in total. The zero-order valence-electron chi connectivity index (χ0n) is 10.6. The number of nitrogens with one attached hydrogen (secondary N) is 1. The van der Waals surface area contributed by atoms with Crippen LogP contribution in [0.4, 0.5) is 0 Å². The Labute approximate surface area is 98.6 Å². The minimum atomic E-state index is 0.165. The monoisotopic (exact) mass is 231 g/mol. The van der Waals surface area contributed by atoms with Crippen LogP contribution in [-0.2, 0) is 4.79 Å². The van der Waals surface area contributed by atoms with E-state index < -0.39 is 0 Å². The summed E-state index contributed by atoms with van der Waals surface area (Å²) >= 11 is 1.57. The molecule has 0 saturated carbocycles. The Kier molecular flexibility index (Phi) is 7.93. The number of carbonyl (C=O) groups excluding carboxylic acids is 1. The highest BCUT2D eigenvalue weighted by atomic mass is 32.2. The molecule has 2 nitrogen and oxygen atoms in total. The molecule has 15 heavy (non-hydrogen) atoms. The molecule has 3 heteroatoms. The molecule has 0 aromatic heterocycles.